The van der Waals surface area contributed by atoms with Gasteiger partial charge in [-0.05, 0) is 68.7 Å². The third-order valence-corrected chi connectivity index (χ3v) is 12.3. The molecule has 1 aliphatic carbocycles. The van der Waals surface area contributed by atoms with E-state index < -0.39 is 47.4 Å². The first kappa shape index (κ1) is 41.1. The van der Waals surface area contributed by atoms with Crippen LogP contribution in [-0.2, 0) is 14.4 Å². The number of carbonyl (C=O) groups is 4. The first-order valence-corrected chi connectivity index (χ1v) is 20.5. The topological polar surface area (TPSA) is 159 Å². The zero-order valence-electron chi connectivity index (χ0n) is 33.4. The average Bonchev–Trinajstić information content (AvgIpc) is 4.03. The van der Waals surface area contributed by atoms with E-state index in [1.165, 1.54) is 29.3 Å². The van der Waals surface area contributed by atoms with Gasteiger partial charge in [-0.2, -0.15) is 5.10 Å². The van der Waals surface area contributed by atoms with Gasteiger partial charge in [-0.15, -0.1) is 0 Å². The fraction of sp³-hybridized carbons (Fsp3) is 0.500. The first-order valence-electron chi connectivity index (χ1n) is 20.5. The van der Waals surface area contributed by atoms with Crippen molar-refractivity contribution in [3.05, 3.63) is 77.2 Å². The van der Waals surface area contributed by atoms with Crippen LogP contribution in [0.25, 0.3) is 11.5 Å². The molecule has 2 atom stereocenters. The van der Waals surface area contributed by atoms with Gasteiger partial charge in [-0.1, -0.05) is 13.8 Å². The molecule has 4 aromatic rings. The van der Waals surface area contributed by atoms with E-state index in [0.717, 1.165) is 18.5 Å². The number of carbonyl (C=O) groups excluding carboxylic acids is 4. The van der Waals surface area contributed by atoms with Gasteiger partial charge in [0.25, 0.3) is 12.3 Å². The van der Waals surface area contributed by atoms with Gasteiger partial charge in [0.15, 0.2) is 11.4 Å². The number of benzene rings is 1. The number of halogens is 4. The van der Waals surface area contributed by atoms with Gasteiger partial charge in [0.05, 0.1) is 23.6 Å². The van der Waals surface area contributed by atoms with Crippen molar-refractivity contribution in [3.63, 3.8) is 0 Å². The van der Waals surface area contributed by atoms with Crippen molar-refractivity contribution in [1.29, 1.82) is 0 Å². The Labute approximate surface area is 343 Å². The largest absolute Gasteiger partial charge is 0.444 e. The number of oxazole rings is 1. The highest BCUT2D eigenvalue weighted by Crippen LogP contribution is 2.37. The van der Waals surface area contributed by atoms with Gasteiger partial charge in [0, 0.05) is 86.6 Å². The molecule has 318 valence electrons. The van der Waals surface area contributed by atoms with Crippen molar-refractivity contribution < 1.29 is 41.2 Å². The van der Waals surface area contributed by atoms with E-state index in [1.54, 1.807) is 17.2 Å². The number of anilines is 2. The van der Waals surface area contributed by atoms with Gasteiger partial charge in [-0.25, -0.2) is 22.5 Å². The number of nitrogens with zero attached hydrogens (tertiary/aromatic N) is 7. The van der Waals surface area contributed by atoms with E-state index in [0.29, 0.717) is 69.8 Å². The summed E-state index contributed by atoms with van der Waals surface area (Å²) in [5, 5.41) is 8.90. The molecule has 0 unspecified atom stereocenters. The summed E-state index contributed by atoms with van der Waals surface area (Å²) in [5.41, 5.74) is 0.781. The van der Waals surface area contributed by atoms with E-state index >= 15 is 8.78 Å². The zero-order valence-corrected chi connectivity index (χ0v) is 33.4. The summed E-state index contributed by atoms with van der Waals surface area (Å²) < 4.78 is 65.8. The fourth-order valence-electron chi connectivity index (χ4n) is 8.95. The number of piperidine rings is 1. The molecule has 1 aromatic carbocycles. The number of pyridine rings is 1. The highest BCUT2D eigenvalue weighted by molar-refractivity contribution is 6.03. The second-order valence-corrected chi connectivity index (χ2v) is 16.4. The predicted molar refractivity (Wildman–Crippen MR) is 210 cm³/mol. The second kappa shape index (κ2) is 17.1. The molecule has 3 aromatic heterocycles. The molecule has 0 radical (unpaired) electrons. The molecular formula is C42H47F4N9O5. The summed E-state index contributed by atoms with van der Waals surface area (Å²) in [6.45, 7) is 7.25. The Hall–Kier alpha value is -5.65. The molecule has 6 heterocycles. The lowest BCUT2D eigenvalue weighted by atomic mass is 9.89. The van der Waals surface area contributed by atoms with E-state index in [-0.39, 0.29) is 65.5 Å². The van der Waals surface area contributed by atoms with Crippen molar-refractivity contribution in [2.45, 2.75) is 89.1 Å². The summed E-state index contributed by atoms with van der Waals surface area (Å²) in [5.74, 6) is -4.58. The monoisotopic (exact) mass is 833 g/mol. The zero-order chi connectivity index (χ0) is 42.2. The minimum Gasteiger partial charge on any atom is -0.444 e. The van der Waals surface area contributed by atoms with Crippen LogP contribution in [0.4, 0.5) is 28.9 Å². The van der Waals surface area contributed by atoms with Crippen LogP contribution >= 0.6 is 0 Å². The molecular weight excluding hydrogens is 787 g/mol. The van der Waals surface area contributed by atoms with Crippen molar-refractivity contribution in [2.24, 2.45) is 5.92 Å². The number of hydrogen-bond donors (Lipinski definition) is 2. The Morgan fingerprint density at radius 2 is 1.65 bits per heavy atom. The molecule has 0 bridgehead atoms. The number of piperazine rings is 1. The van der Waals surface area contributed by atoms with Gasteiger partial charge in [0.2, 0.25) is 23.6 Å². The minimum absolute atomic E-state index is 0.00746. The van der Waals surface area contributed by atoms with Crippen molar-refractivity contribution >= 4 is 35.0 Å². The van der Waals surface area contributed by atoms with Gasteiger partial charge in [-0.3, -0.25) is 39.1 Å². The molecule has 3 aliphatic heterocycles. The average molecular weight is 834 g/mol. The Kier molecular flexibility index (Phi) is 11.7. The summed E-state index contributed by atoms with van der Waals surface area (Å²) in [7, 11) is 0. The molecule has 4 amide bonds. The van der Waals surface area contributed by atoms with Crippen molar-refractivity contribution in [2.75, 3.05) is 49.5 Å². The molecule has 0 spiro atoms. The molecule has 3 saturated heterocycles. The fourth-order valence-corrected chi connectivity index (χ4v) is 8.95. The maximum atomic E-state index is 15.2. The molecule has 4 aliphatic rings. The van der Waals surface area contributed by atoms with Gasteiger partial charge < -0.3 is 19.5 Å². The van der Waals surface area contributed by atoms with E-state index in [9.17, 15) is 28.0 Å². The lowest BCUT2D eigenvalue weighted by molar-refractivity contribution is -0.137. The number of rotatable bonds is 10. The lowest BCUT2D eigenvalue weighted by Crippen LogP contribution is -2.53. The molecule has 1 saturated carbocycles. The normalized spacial score (nSPS) is 22.8. The summed E-state index contributed by atoms with van der Waals surface area (Å²) in [4.78, 5) is 65.1. The molecule has 18 heteroatoms. The summed E-state index contributed by atoms with van der Waals surface area (Å²) in [6.07, 6.45) is 4.98. The molecule has 14 nitrogen and oxygen atoms in total. The second-order valence-electron chi connectivity index (χ2n) is 16.4. The van der Waals surface area contributed by atoms with Crippen LogP contribution in [0.3, 0.4) is 0 Å². The van der Waals surface area contributed by atoms with Crippen LogP contribution in [0.2, 0.25) is 0 Å². The maximum Gasteiger partial charge on any atom is 0.284 e. The van der Waals surface area contributed by atoms with E-state index in [2.05, 4.69) is 30.6 Å². The molecule has 2 N–H and O–H groups in total. The number of aromatic nitrogens is 4. The van der Waals surface area contributed by atoms with Crippen LogP contribution < -0.4 is 15.5 Å². The maximum absolute atomic E-state index is 15.2. The van der Waals surface area contributed by atoms with Crippen molar-refractivity contribution in [1.82, 2.24) is 34.9 Å². The Balaban J connectivity index is 0.816. The van der Waals surface area contributed by atoms with Crippen LogP contribution in [0.15, 0.2) is 47.3 Å². The summed E-state index contributed by atoms with van der Waals surface area (Å²) >= 11 is 0. The lowest BCUT2D eigenvalue weighted by Gasteiger charge is -2.42. The molecule has 8 rings (SSSR count). The molecule has 60 heavy (non-hydrogen) atoms. The number of hydrogen-bond acceptors (Lipinski definition) is 10. The minimum atomic E-state index is -2.91. The van der Waals surface area contributed by atoms with E-state index in [4.69, 9.17) is 4.42 Å². The third-order valence-electron chi connectivity index (χ3n) is 12.3. The van der Waals surface area contributed by atoms with Gasteiger partial charge in [0.1, 0.15) is 17.9 Å². The highest BCUT2D eigenvalue weighted by Gasteiger charge is 2.37. The quantitative estimate of drug-likeness (QED) is 0.139. The van der Waals surface area contributed by atoms with Gasteiger partial charge >= 0.3 is 0 Å². The van der Waals surface area contributed by atoms with Crippen LogP contribution in [0.1, 0.15) is 111 Å². The van der Waals surface area contributed by atoms with E-state index in [1.807, 2.05) is 24.8 Å². The number of nitrogens with one attached hydrogen (secondary N) is 2. The Morgan fingerprint density at radius 1 is 0.933 bits per heavy atom. The number of alkyl halides is 2. The smallest absolute Gasteiger partial charge is 0.284 e. The van der Waals surface area contributed by atoms with Crippen LogP contribution in [0.5, 0.6) is 0 Å². The summed E-state index contributed by atoms with van der Waals surface area (Å²) in [6, 6.07) is 6.07. The number of imide groups is 1. The number of amides is 4. The van der Waals surface area contributed by atoms with Crippen LogP contribution in [0, 0.1) is 17.6 Å². The first-order chi connectivity index (χ1) is 28.8. The van der Waals surface area contributed by atoms with Crippen LogP contribution in [-0.4, -0.2) is 98.5 Å². The highest BCUT2D eigenvalue weighted by atomic mass is 19.3. The van der Waals surface area contributed by atoms with Crippen molar-refractivity contribution in [3.8, 4) is 11.5 Å². The Morgan fingerprint density at radius 3 is 2.33 bits per heavy atom. The SMILES string of the molecule is CC(C)c1cc(-c2nc(C(=O)Nc3cn(C4CCC(N5CCN(C(=O)[C@@H]6CCN(c7cc(F)c([C@H]8CCC(=O)NC8=O)c(F)c7)C6)CC5)CC4)nc3C(F)F)co2)ccn1. The Bertz CT molecular complexity index is 2240. The third kappa shape index (κ3) is 8.51. The molecule has 4 fully saturated rings. The standard InChI is InChI=1S/C42H47F4N9O5/c1-23(2)32-17-24(9-11-47-32)41-49-34(22-60-41)40(58)48-33-21-55(51-37(33)38(45)46)27-5-3-26(4-6-27)52-13-15-53(16-14-52)42(59)25-10-12-54(20-25)28-18-30(43)36(31(44)19-28)29-7-8-35(56)50-39(29)57/h9,11,17-19,21-23,25-27,29,38H,3-8,10,12-16,20H2,1-2H3,(H,48,58)(H,50,56,57)/t25-,26?,27?,29-/m1/s1. The predicted octanol–water partition coefficient (Wildman–Crippen LogP) is 6.20.